The monoisotopic (exact) mass is 322 g/mol. The molecule has 0 atom stereocenters. The fourth-order valence-electron chi connectivity index (χ4n) is 2.78. The highest BCUT2D eigenvalue weighted by atomic mass is 32.1. The first-order valence-corrected chi connectivity index (χ1v) is 9.06. The van der Waals surface area contributed by atoms with E-state index in [9.17, 15) is 0 Å². The van der Waals surface area contributed by atoms with Crippen LogP contribution in [0.3, 0.4) is 0 Å². The van der Waals surface area contributed by atoms with E-state index >= 15 is 0 Å². The summed E-state index contributed by atoms with van der Waals surface area (Å²) in [6.07, 6.45) is 2.56. The zero-order valence-electron chi connectivity index (χ0n) is 14.4. The summed E-state index contributed by atoms with van der Waals surface area (Å²) in [6, 6.07) is 4.33. The van der Waals surface area contributed by atoms with Gasteiger partial charge in [-0.15, -0.1) is 11.3 Å². The molecular formula is C17H30N4S. The maximum atomic E-state index is 4.36. The number of aliphatic imine (C=N–C) groups is 1. The molecule has 2 rings (SSSR count). The highest BCUT2D eigenvalue weighted by Gasteiger charge is 2.22. The van der Waals surface area contributed by atoms with Crippen LogP contribution in [0.1, 0.15) is 31.6 Å². The van der Waals surface area contributed by atoms with Crippen molar-refractivity contribution < 1.29 is 0 Å². The molecule has 2 heterocycles. The van der Waals surface area contributed by atoms with E-state index in [-0.39, 0.29) is 5.41 Å². The minimum Gasteiger partial charge on any atom is -0.356 e. The lowest BCUT2D eigenvalue weighted by Crippen LogP contribution is -2.45. The Morgan fingerprint density at radius 3 is 2.68 bits per heavy atom. The van der Waals surface area contributed by atoms with Crippen LogP contribution in [0, 0.1) is 5.92 Å². The highest BCUT2D eigenvalue weighted by Crippen LogP contribution is 2.26. The first-order valence-electron chi connectivity index (χ1n) is 8.18. The Labute approximate surface area is 139 Å². The van der Waals surface area contributed by atoms with Crippen molar-refractivity contribution in [3.8, 4) is 0 Å². The molecular weight excluding hydrogens is 292 g/mol. The molecule has 22 heavy (non-hydrogen) atoms. The van der Waals surface area contributed by atoms with Crippen molar-refractivity contribution in [2.45, 2.75) is 32.1 Å². The topological polar surface area (TPSA) is 39.7 Å². The SMILES string of the molecule is CN=C(NCC1CCN(C)CC1)NCC(C)(C)c1cccs1. The van der Waals surface area contributed by atoms with Crippen molar-refractivity contribution in [2.75, 3.05) is 40.3 Å². The first kappa shape index (κ1) is 17.3. The van der Waals surface area contributed by atoms with Gasteiger partial charge in [0.15, 0.2) is 5.96 Å². The molecule has 0 bridgehead atoms. The molecule has 1 aliphatic heterocycles. The molecule has 2 N–H and O–H groups in total. The van der Waals surface area contributed by atoms with E-state index in [1.54, 1.807) is 0 Å². The Hall–Kier alpha value is -1.07. The molecule has 0 radical (unpaired) electrons. The van der Waals surface area contributed by atoms with Crippen molar-refractivity contribution in [3.05, 3.63) is 22.4 Å². The number of hydrogen-bond donors (Lipinski definition) is 2. The fraction of sp³-hybridized carbons (Fsp3) is 0.706. The molecule has 1 aromatic rings. The summed E-state index contributed by atoms with van der Waals surface area (Å²) >= 11 is 1.82. The molecule has 0 saturated carbocycles. The van der Waals surface area contributed by atoms with E-state index in [4.69, 9.17) is 0 Å². The van der Waals surface area contributed by atoms with Gasteiger partial charge in [0.05, 0.1) is 0 Å². The molecule has 1 aliphatic rings. The zero-order chi connectivity index (χ0) is 16.0. The molecule has 4 nitrogen and oxygen atoms in total. The average Bonchev–Trinajstić information content (AvgIpc) is 3.04. The van der Waals surface area contributed by atoms with Crippen LogP contribution >= 0.6 is 11.3 Å². The van der Waals surface area contributed by atoms with Crippen molar-refractivity contribution in [3.63, 3.8) is 0 Å². The quantitative estimate of drug-likeness (QED) is 0.646. The van der Waals surface area contributed by atoms with E-state index in [0.717, 1.165) is 25.0 Å². The van der Waals surface area contributed by atoms with Gasteiger partial charge in [0, 0.05) is 30.4 Å². The smallest absolute Gasteiger partial charge is 0.191 e. The summed E-state index contributed by atoms with van der Waals surface area (Å²) in [5.74, 6) is 1.68. The third-order valence-corrected chi connectivity index (χ3v) is 5.74. The third-order valence-electron chi connectivity index (χ3n) is 4.51. The summed E-state index contributed by atoms with van der Waals surface area (Å²) in [4.78, 5) is 8.18. The van der Waals surface area contributed by atoms with Crippen molar-refractivity contribution in [1.29, 1.82) is 0 Å². The second-order valence-electron chi connectivity index (χ2n) is 6.91. The van der Waals surface area contributed by atoms with Crippen LogP contribution in [-0.2, 0) is 5.41 Å². The minimum atomic E-state index is 0.124. The summed E-state index contributed by atoms with van der Waals surface area (Å²) in [5, 5.41) is 9.12. The molecule has 1 aromatic heterocycles. The number of guanidine groups is 1. The van der Waals surface area contributed by atoms with Gasteiger partial charge in [-0.1, -0.05) is 19.9 Å². The van der Waals surface area contributed by atoms with Crippen molar-refractivity contribution in [1.82, 2.24) is 15.5 Å². The molecule has 0 unspecified atom stereocenters. The second-order valence-corrected chi connectivity index (χ2v) is 7.86. The van der Waals surface area contributed by atoms with E-state index in [1.807, 2.05) is 18.4 Å². The molecule has 1 fully saturated rings. The van der Waals surface area contributed by atoms with Gasteiger partial charge >= 0.3 is 0 Å². The Morgan fingerprint density at radius 2 is 2.09 bits per heavy atom. The van der Waals surface area contributed by atoms with E-state index in [2.05, 4.69) is 58.9 Å². The number of piperidine rings is 1. The lowest BCUT2D eigenvalue weighted by Gasteiger charge is -2.30. The molecule has 1 saturated heterocycles. The Balaban J connectivity index is 1.76. The van der Waals surface area contributed by atoms with Gasteiger partial charge in [0.25, 0.3) is 0 Å². The van der Waals surface area contributed by atoms with Gasteiger partial charge in [-0.25, -0.2) is 0 Å². The average molecular weight is 323 g/mol. The molecule has 0 amide bonds. The Kier molecular flexibility index (Phi) is 6.26. The molecule has 0 aliphatic carbocycles. The first-order chi connectivity index (χ1) is 10.5. The minimum absolute atomic E-state index is 0.124. The van der Waals surface area contributed by atoms with Crippen LogP contribution in [0.4, 0.5) is 0 Å². The standard InChI is InChI=1S/C17H30N4S/c1-17(2,15-6-5-11-22-15)13-20-16(18-3)19-12-14-7-9-21(4)10-8-14/h5-6,11,14H,7-10,12-13H2,1-4H3,(H2,18,19,20). The van der Waals surface area contributed by atoms with Gasteiger partial charge < -0.3 is 15.5 Å². The summed E-state index contributed by atoms with van der Waals surface area (Å²) in [7, 11) is 4.05. The Morgan fingerprint density at radius 1 is 1.36 bits per heavy atom. The van der Waals surface area contributed by atoms with Crippen LogP contribution < -0.4 is 10.6 Å². The third kappa shape index (κ3) is 4.99. The normalized spacial score (nSPS) is 18.5. The van der Waals surface area contributed by atoms with E-state index in [1.165, 1.54) is 30.8 Å². The largest absolute Gasteiger partial charge is 0.356 e. The summed E-state index contributed by atoms with van der Waals surface area (Å²) in [6.45, 7) is 8.88. The Bertz CT molecular complexity index is 459. The van der Waals surface area contributed by atoms with E-state index < -0.39 is 0 Å². The van der Waals surface area contributed by atoms with Crippen LogP contribution in [-0.4, -0.2) is 51.1 Å². The number of nitrogens with zero attached hydrogens (tertiary/aromatic N) is 2. The lowest BCUT2D eigenvalue weighted by molar-refractivity contribution is 0.220. The number of nitrogens with one attached hydrogen (secondary N) is 2. The van der Waals surface area contributed by atoms with Gasteiger partial charge in [-0.05, 0) is 50.3 Å². The zero-order valence-corrected chi connectivity index (χ0v) is 15.2. The number of rotatable bonds is 5. The van der Waals surface area contributed by atoms with Crippen molar-refractivity contribution in [2.24, 2.45) is 10.9 Å². The predicted octanol–water partition coefficient (Wildman–Crippen LogP) is 2.53. The molecule has 0 aromatic carbocycles. The number of likely N-dealkylation sites (tertiary alicyclic amines) is 1. The van der Waals surface area contributed by atoms with Crippen LogP contribution in [0.25, 0.3) is 0 Å². The maximum Gasteiger partial charge on any atom is 0.191 e. The van der Waals surface area contributed by atoms with Crippen LogP contribution in [0.5, 0.6) is 0 Å². The van der Waals surface area contributed by atoms with Gasteiger partial charge in [0.2, 0.25) is 0 Å². The van der Waals surface area contributed by atoms with E-state index in [0.29, 0.717) is 0 Å². The highest BCUT2D eigenvalue weighted by molar-refractivity contribution is 7.10. The van der Waals surface area contributed by atoms with Crippen molar-refractivity contribution >= 4 is 17.3 Å². The molecule has 5 heteroatoms. The molecule has 124 valence electrons. The van der Waals surface area contributed by atoms with Crippen LogP contribution in [0.15, 0.2) is 22.5 Å². The van der Waals surface area contributed by atoms with Crippen LogP contribution in [0.2, 0.25) is 0 Å². The number of thiophene rings is 1. The van der Waals surface area contributed by atoms with Gasteiger partial charge in [0.1, 0.15) is 0 Å². The summed E-state index contributed by atoms with van der Waals surface area (Å²) in [5.41, 5.74) is 0.124. The predicted molar refractivity (Wildman–Crippen MR) is 96.9 cm³/mol. The second kappa shape index (κ2) is 7.97. The maximum absolute atomic E-state index is 4.36. The van der Waals surface area contributed by atoms with Gasteiger partial charge in [-0.3, -0.25) is 4.99 Å². The fourth-order valence-corrected chi connectivity index (χ4v) is 3.64. The lowest BCUT2D eigenvalue weighted by atomic mass is 9.91. The summed E-state index contributed by atoms with van der Waals surface area (Å²) < 4.78 is 0. The molecule has 0 spiro atoms. The number of hydrogen-bond acceptors (Lipinski definition) is 3. The van der Waals surface area contributed by atoms with Gasteiger partial charge in [-0.2, -0.15) is 0 Å².